The Hall–Kier alpha value is -0.550. The number of nitrogens with zero attached hydrogens (tertiary/aromatic N) is 1. The quantitative estimate of drug-likeness (QED) is 0.698. The molecule has 0 aromatic heterocycles. The normalized spacial score (nSPS) is 16.2. The van der Waals surface area contributed by atoms with Crippen LogP contribution in [0.25, 0.3) is 0 Å². The summed E-state index contributed by atoms with van der Waals surface area (Å²) in [5.41, 5.74) is -0.371. The van der Waals surface area contributed by atoms with E-state index in [1.165, 1.54) is 0 Å². The third-order valence-electron chi connectivity index (χ3n) is 2.26. The van der Waals surface area contributed by atoms with E-state index in [9.17, 15) is 0 Å². The van der Waals surface area contributed by atoms with Crippen molar-refractivity contribution in [2.75, 3.05) is 6.54 Å². The standard InChI is InChI=1S/C10H20N2/c1-8(2)6-12-10(5,7-11)9(3)4/h8-9,12H,6H2,1-5H3. The Labute approximate surface area is 76.0 Å². The van der Waals surface area contributed by atoms with Gasteiger partial charge in [0.05, 0.1) is 6.07 Å². The molecule has 0 rings (SSSR count). The van der Waals surface area contributed by atoms with Gasteiger partial charge in [-0.1, -0.05) is 27.7 Å². The molecule has 2 nitrogen and oxygen atoms in total. The molecule has 12 heavy (non-hydrogen) atoms. The van der Waals surface area contributed by atoms with Crippen LogP contribution in [0.4, 0.5) is 0 Å². The zero-order valence-electron chi connectivity index (χ0n) is 8.81. The first-order chi connectivity index (χ1) is 5.42. The van der Waals surface area contributed by atoms with Crippen LogP contribution in [-0.4, -0.2) is 12.1 Å². The van der Waals surface area contributed by atoms with E-state index in [-0.39, 0.29) is 5.54 Å². The van der Waals surface area contributed by atoms with Crippen molar-refractivity contribution in [3.63, 3.8) is 0 Å². The average molecular weight is 168 g/mol. The molecule has 0 aliphatic carbocycles. The van der Waals surface area contributed by atoms with Crippen LogP contribution in [0.1, 0.15) is 34.6 Å². The van der Waals surface area contributed by atoms with Gasteiger partial charge in [0.1, 0.15) is 5.54 Å². The molecule has 1 unspecified atom stereocenters. The van der Waals surface area contributed by atoms with Crippen LogP contribution in [0.3, 0.4) is 0 Å². The molecule has 0 bridgehead atoms. The third-order valence-corrected chi connectivity index (χ3v) is 2.26. The highest BCUT2D eigenvalue weighted by Crippen LogP contribution is 2.15. The average Bonchev–Trinajstić information content (AvgIpc) is 1.99. The number of hydrogen-bond acceptors (Lipinski definition) is 2. The van der Waals surface area contributed by atoms with Crippen LogP contribution in [0.15, 0.2) is 0 Å². The lowest BCUT2D eigenvalue weighted by atomic mass is 9.89. The van der Waals surface area contributed by atoms with Gasteiger partial charge in [-0.3, -0.25) is 5.32 Å². The van der Waals surface area contributed by atoms with Crippen molar-refractivity contribution in [3.8, 4) is 6.07 Å². The lowest BCUT2D eigenvalue weighted by Crippen LogP contribution is -2.47. The van der Waals surface area contributed by atoms with Crippen LogP contribution >= 0.6 is 0 Å². The van der Waals surface area contributed by atoms with Crippen molar-refractivity contribution in [1.29, 1.82) is 5.26 Å². The van der Waals surface area contributed by atoms with Crippen LogP contribution in [-0.2, 0) is 0 Å². The van der Waals surface area contributed by atoms with Crippen LogP contribution in [0.5, 0.6) is 0 Å². The van der Waals surface area contributed by atoms with Crippen LogP contribution in [0.2, 0.25) is 0 Å². The third kappa shape index (κ3) is 3.23. The topological polar surface area (TPSA) is 35.8 Å². The van der Waals surface area contributed by atoms with Gasteiger partial charge in [0.25, 0.3) is 0 Å². The van der Waals surface area contributed by atoms with Gasteiger partial charge in [0.2, 0.25) is 0 Å². The summed E-state index contributed by atoms with van der Waals surface area (Å²) < 4.78 is 0. The van der Waals surface area contributed by atoms with E-state index in [2.05, 4.69) is 39.1 Å². The lowest BCUT2D eigenvalue weighted by molar-refractivity contribution is 0.322. The summed E-state index contributed by atoms with van der Waals surface area (Å²) in [6.45, 7) is 11.3. The molecule has 0 saturated carbocycles. The number of nitriles is 1. The maximum atomic E-state index is 8.96. The lowest BCUT2D eigenvalue weighted by Gasteiger charge is -2.28. The summed E-state index contributed by atoms with van der Waals surface area (Å²) in [6, 6.07) is 2.32. The van der Waals surface area contributed by atoms with Crippen molar-refractivity contribution < 1.29 is 0 Å². The van der Waals surface area contributed by atoms with Crippen molar-refractivity contribution in [2.24, 2.45) is 11.8 Å². The second-order valence-corrected chi connectivity index (χ2v) is 4.24. The summed E-state index contributed by atoms with van der Waals surface area (Å²) in [5.74, 6) is 0.942. The van der Waals surface area contributed by atoms with Gasteiger partial charge in [0.15, 0.2) is 0 Å². The van der Waals surface area contributed by atoms with Crippen molar-refractivity contribution in [1.82, 2.24) is 5.32 Å². The highest BCUT2D eigenvalue weighted by atomic mass is 15.0. The minimum atomic E-state index is -0.371. The molecule has 0 spiro atoms. The van der Waals surface area contributed by atoms with Crippen LogP contribution < -0.4 is 5.32 Å². The van der Waals surface area contributed by atoms with Gasteiger partial charge in [-0.2, -0.15) is 5.26 Å². The Morgan fingerprint density at radius 2 is 1.83 bits per heavy atom. The van der Waals surface area contributed by atoms with Crippen molar-refractivity contribution in [2.45, 2.75) is 40.2 Å². The SMILES string of the molecule is CC(C)CNC(C)(C#N)C(C)C. The molecule has 0 radical (unpaired) electrons. The molecule has 70 valence electrons. The van der Waals surface area contributed by atoms with Gasteiger partial charge < -0.3 is 0 Å². The van der Waals surface area contributed by atoms with Gasteiger partial charge in [-0.15, -0.1) is 0 Å². The highest BCUT2D eigenvalue weighted by Gasteiger charge is 2.27. The summed E-state index contributed by atoms with van der Waals surface area (Å²) in [7, 11) is 0. The molecule has 0 aliphatic heterocycles. The molecular formula is C10H20N2. The Bertz CT molecular complexity index is 167. The second kappa shape index (κ2) is 4.47. The first kappa shape index (κ1) is 11.4. The Morgan fingerprint density at radius 1 is 1.33 bits per heavy atom. The molecule has 1 atom stereocenters. The molecule has 0 aliphatic rings. The predicted octanol–water partition coefficient (Wildman–Crippen LogP) is 2.17. The molecule has 0 aromatic carbocycles. The first-order valence-electron chi connectivity index (χ1n) is 4.58. The van der Waals surface area contributed by atoms with E-state index in [0.717, 1.165) is 6.54 Å². The van der Waals surface area contributed by atoms with Gasteiger partial charge in [-0.25, -0.2) is 0 Å². The monoisotopic (exact) mass is 168 g/mol. The summed E-state index contributed by atoms with van der Waals surface area (Å²) in [4.78, 5) is 0. The number of hydrogen-bond donors (Lipinski definition) is 1. The molecule has 1 N–H and O–H groups in total. The summed E-state index contributed by atoms with van der Waals surface area (Å²) in [6.07, 6.45) is 0. The maximum Gasteiger partial charge on any atom is 0.106 e. The van der Waals surface area contributed by atoms with E-state index >= 15 is 0 Å². The van der Waals surface area contributed by atoms with Gasteiger partial charge in [-0.05, 0) is 25.3 Å². The van der Waals surface area contributed by atoms with E-state index < -0.39 is 0 Å². The Balaban J connectivity index is 4.09. The fraction of sp³-hybridized carbons (Fsp3) is 0.900. The van der Waals surface area contributed by atoms with Gasteiger partial charge in [0, 0.05) is 0 Å². The van der Waals surface area contributed by atoms with E-state index in [1.807, 2.05) is 6.92 Å². The smallest absolute Gasteiger partial charge is 0.106 e. The molecular weight excluding hydrogens is 148 g/mol. The number of nitrogens with one attached hydrogen (secondary N) is 1. The molecule has 0 fully saturated rings. The minimum absolute atomic E-state index is 0.348. The largest absolute Gasteiger partial charge is 0.299 e. The highest BCUT2D eigenvalue weighted by molar-refractivity contribution is 5.05. The minimum Gasteiger partial charge on any atom is -0.299 e. The predicted molar refractivity (Wildman–Crippen MR) is 51.7 cm³/mol. The van der Waals surface area contributed by atoms with Crippen molar-refractivity contribution in [3.05, 3.63) is 0 Å². The van der Waals surface area contributed by atoms with E-state index in [1.54, 1.807) is 0 Å². The zero-order valence-corrected chi connectivity index (χ0v) is 8.81. The zero-order chi connectivity index (χ0) is 9.78. The summed E-state index contributed by atoms with van der Waals surface area (Å²) >= 11 is 0. The summed E-state index contributed by atoms with van der Waals surface area (Å²) in [5, 5.41) is 12.2. The fourth-order valence-corrected chi connectivity index (χ4v) is 0.789. The van der Waals surface area contributed by atoms with E-state index in [0.29, 0.717) is 11.8 Å². The molecule has 2 heteroatoms. The molecule has 0 heterocycles. The maximum absolute atomic E-state index is 8.96. The second-order valence-electron chi connectivity index (χ2n) is 4.24. The van der Waals surface area contributed by atoms with E-state index in [4.69, 9.17) is 5.26 Å². The number of rotatable bonds is 4. The van der Waals surface area contributed by atoms with Crippen LogP contribution in [0, 0.1) is 23.2 Å². The Morgan fingerprint density at radius 3 is 2.08 bits per heavy atom. The molecule has 0 amide bonds. The fourth-order valence-electron chi connectivity index (χ4n) is 0.789. The first-order valence-corrected chi connectivity index (χ1v) is 4.58. The molecule has 0 aromatic rings. The van der Waals surface area contributed by atoms with Gasteiger partial charge >= 0.3 is 0 Å². The molecule has 0 saturated heterocycles. The Kier molecular flexibility index (Phi) is 4.26. The van der Waals surface area contributed by atoms with Crippen molar-refractivity contribution >= 4 is 0 Å².